The van der Waals surface area contributed by atoms with Crippen molar-refractivity contribution in [1.29, 1.82) is 0 Å². The zero-order chi connectivity index (χ0) is 12.3. The number of methoxy groups -OCH3 is 1. The van der Waals surface area contributed by atoms with Gasteiger partial charge in [-0.3, -0.25) is 0 Å². The summed E-state index contributed by atoms with van der Waals surface area (Å²) >= 11 is 0. The zero-order valence-corrected chi connectivity index (χ0v) is 11.8. The maximum absolute atomic E-state index is 5.67. The molecular weight excluding hydrogens is 208 g/mol. The van der Waals surface area contributed by atoms with Crippen LogP contribution in [0.1, 0.15) is 71.1 Å². The maximum atomic E-state index is 5.67. The topological polar surface area (TPSA) is 9.23 Å². The van der Waals surface area contributed by atoms with Crippen LogP contribution in [0.5, 0.6) is 0 Å². The van der Waals surface area contributed by atoms with E-state index in [1.165, 1.54) is 64.2 Å². The van der Waals surface area contributed by atoms with Gasteiger partial charge >= 0.3 is 0 Å². The van der Waals surface area contributed by atoms with Crippen molar-refractivity contribution in [2.45, 2.75) is 77.2 Å². The fourth-order valence-corrected chi connectivity index (χ4v) is 2.78. The third kappa shape index (κ3) is 6.26. The molecule has 0 aliphatic heterocycles. The Bertz CT molecular complexity index is 198. The minimum Gasteiger partial charge on any atom is -0.381 e. The Hall–Kier alpha value is -0.300. The lowest BCUT2D eigenvalue weighted by Crippen LogP contribution is -2.22. The summed E-state index contributed by atoms with van der Waals surface area (Å²) in [4.78, 5) is 0. The second kappa shape index (κ2) is 9.70. The van der Waals surface area contributed by atoms with Gasteiger partial charge in [-0.25, -0.2) is 0 Å². The molecule has 0 fully saturated rings. The molecule has 0 spiro atoms. The highest BCUT2D eigenvalue weighted by atomic mass is 16.5. The molecule has 0 aromatic carbocycles. The summed E-state index contributed by atoms with van der Waals surface area (Å²) in [6, 6.07) is 0. The Morgan fingerprint density at radius 1 is 1.18 bits per heavy atom. The van der Waals surface area contributed by atoms with Gasteiger partial charge in [0.2, 0.25) is 0 Å². The number of allylic oxidation sites excluding steroid dienone is 1. The van der Waals surface area contributed by atoms with E-state index in [4.69, 9.17) is 4.74 Å². The summed E-state index contributed by atoms with van der Waals surface area (Å²) in [5.74, 6) is 0.685. The highest BCUT2D eigenvalue weighted by Crippen LogP contribution is 2.25. The molecule has 2 unspecified atom stereocenters. The van der Waals surface area contributed by atoms with E-state index in [2.05, 4.69) is 19.1 Å². The summed E-state index contributed by atoms with van der Waals surface area (Å²) in [6.45, 7) is 2.27. The smallest absolute Gasteiger partial charge is 0.0633 e. The molecule has 0 saturated heterocycles. The maximum Gasteiger partial charge on any atom is 0.0633 e. The first-order valence-corrected chi connectivity index (χ1v) is 7.58. The van der Waals surface area contributed by atoms with Gasteiger partial charge in [0.15, 0.2) is 0 Å². The minimum absolute atomic E-state index is 0.470. The summed E-state index contributed by atoms with van der Waals surface area (Å²) in [5.41, 5.74) is 0. The fraction of sp³-hybridized carbons (Fsp3) is 0.875. The largest absolute Gasteiger partial charge is 0.381 e. The normalized spacial score (nSPS) is 21.6. The van der Waals surface area contributed by atoms with E-state index in [1.807, 2.05) is 7.11 Å². The lowest BCUT2D eigenvalue weighted by molar-refractivity contribution is 0.0545. The molecular formula is C16H30O. The van der Waals surface area contributed by atoms with Gasteiger partial charge in [0, 0.05) is 13.0 Å². The number of ether oxygens (including phenoxy) is 1. The van der Waals surface area contributed by atoms with Gasteiger partial charge in [-0.15, -0.1) is 0 Å². The van der Waals surface area contributed by atoms with Crippen molar-refractivity contribution in [3.8, 4) is 0 Å². The van der Waals surface area contributed by atoms with Crippen LogP contribution < -0.4 is 0 Å². The summed E-state index contributed by atoms with van der Waals surface area (Å²) in [5, 5.41) is 0. The van der Waals surface area contributed by atoms with Crippen molar-refractivity contribution >= 4 is 0 Å². The molecule has 2 atom stereocenters. The summed E-state index contributed by atoms with van der Waals surface area (Å²) in [6.07, 6.45) is 18.7. The second-order valence-electron chi connectivity index (χ2n) is 5.35. The number of unbranched alkanes of at least 4 members (excludes halogenated alkanes) is 5. The molecule has 17 heavy (non-hydrogen) atoms. The Kier molecular flexibility index (Phi) is 8.42. The van der Waals surface area contributed by atoms with E-state index in [0.29, 0.717) is 12.0 Å². The van der Waals surface area contributed by atoms with Crippen molar-refractivity contribution in [2.24, 2.45) is 5.92 Å². The third-order valence-corrected chi connectivity index (χ3v) is 3.91. The predicted octanol–water partition coefficient (Wildman–Crippen LogP) is 5.11. The van der Waals surface area contributed by atoms with E-state index in [9.17, 15) is 0 Å². The van der Waals surface area contributed by atoms with Crippen LogP contribution in [0.4, 0.5) is 0 Å². The standard InChI is InChI=1S/C16H30O/c1-3-4-5-6-7-11-14-16(17-2)15-12-9-8-10-13-15/h9,12,15-16H,3-8,10-11,13-14H2,1-2H3. The average molecular weight is 238 g/mol. The van der Waals surface area contributed by atoms with Crippen LogP contribution >= 0.6 is 0 Å². The van der Waals surface area contributed by atoms with Crippen molar-refractivity contribution < 1.29 is 4.74 Å². The highest BCUT2D eigenvalue weighted by Gasteiger charge is 2.19. The van der Waals surface area contributed by atoms with Gasteiger partial charge in [0.25, 0.3) is 0 Å². The van der Waals surface area contributed by atoms with E-state index in [0.717, 1.165) is 0 Å². The molecule has 0 aromatic rings. The van der Waals surface area contributed by atoms with Crippen molar-refractivity contribution in [1.82, 2.24) is 0 Å². The molecule has 0 bridgehead atoms. The first-order chi connectivity index (χ1) is 8.38. The van der Waals surface area contributed by atoms with Crippen LogP contribution in [0, 0.1) is 5.92 Å². The van der Waals surface area contributed by atoms with E-state index >= 15 is 0 Å². The predicted molar refractivity (Wildman–Crippen MR) is 75.3 cm³/mol. The Labute approximate surface area is 108 Å². The summed E-state index contributed by atoms with van der Waals surface area (Å²) in [7, 11) is 1.88. The third-order valence-electron chi connectivity index (χ3n) is 3.91. The van der Waals surface area contributed by atoms with E-state index < -0.39 is 0 Å². The monoisotopic (exact) mass is 238 g/mol. The van der Waals surface area contributed by atoms with Crippen LogP contribution in [0.2, 0.25) is 0 Å². The molecule has 1 nitrogen and oxygen atoms in total. The summed E-state index contributed by atoms with van der Waals surface area (Å²) < 4.78 is 5.67. The Morgan fingerprint density at radius 2 is 1.94 bits per heavy atom. The molecule has 100 valence electrons. The zero-order valence-electron chi connectivity index (χ0n) is 11.8. The Balaban J connectivity index is 2.09. The van der Waals surface area contributed by atoms with Crippen LogP contribution in [0.3, 0.4) is 0 Å². The second-order valence-corrected chi connectivity index (χ2v) is 5.35. The van der Waals surface area contributed by atoms with Gasteiger partial charge in [0.1, 0.15) is 0 Å². The van der Waals surface area contributed by atoms with Crippen molar-refractivity contribution in [3.63, 3.8) is 0 Å². The van der Waals surface area contributed by atoms with Crippen LogP contribution in [-0.4, -0.2) is 13.2 Å². The molecule has 1 aliphatic carbocycles. The van der Waals surface area contributed by atoms with Crippen LogP contribution in [-0.2, 0) is 4.74 Å². The Morgan fingerprint density at radius 3 is 2.59 bits per heavy atom. The number of hydrogen-bond donors (Lipinski definition) is 0. The first kappa shape index (κ1) is 14.8. The van der Waals surface area contributed by atoms with Crippen molar-refractivity contribution in [3.05, 3.63) is 12.2 Å². The molecule has 0 aromatic heterocycles. The minimum atomic E-state index is 0.470. The molecule has 1 heteroatoms. The molecule has 1 aliphatic rings. The highest BCUT2D eigenvalue weighted by molar-refractivity contribution is 4.96. The van der Waals surface area contributed by atoms with Gasteiger partial charge in [-0.05, 0) is 25.7 Å². The van der Waals surface area contributed by atoms with Gasteiger partial charge in [0.05, 0.1) is 6.10 Å². The average Bonchev–Trinajstić information content (AvgIpc) is 2.39. The fourth-order valence-electron chi connectivity index (χ4n) is 2.78. The van der Waals surface area contributed by atoms with E-state index in [-0.39, 0.29) is 0 Å². The van der Waals surface area contributed by atoms with Crippen LogP contribution in [0.25, 0.3) is 0 Å². The molecule has 1 rings (SSSR count). The molecule has 0 N–H and O–H groups in total. The quantitative estimate of drug-likeness (QED) is 0.401. The molecule has 0 amide bonds. The van der Waals surface area contributed by atoms with Gasteiger partial charge in [-0.2, -0.15) is 0 Å². The number of rotatable bonds is 9. The molecule has 0 radical (unpaired) electrons. The first-order valence-electron chi connectivity index (χ1n) is 7.58. The van der Waals surface area contributed by atoms with Crippen LogP contribution in [0.15, 0.2) is 12.2 Å². The van der Waals surface area contributed by atoms with Gasteiger partial charge in [-0.1, -0.05) is 57.6 Å². The van der Waals surface area contributed by atoms with Crippen molar-refractivity contribution in [2.75, 3.05) is 7.11 Å². The lowest BCUT2D eigenvalue weighted by atomic mass is 9.88. The number of hydrogen-bond acceptors (Lipinski definition) is 1. The lowest BCUT2D eigenvalue weighted by Gasteiger charge is -2.25. The molecule has 0 heterocycles. The van der Waals surface area contributed by atoms with Gasteiger partial charge < -0.3 is 4.74 Å². The SMILES string of the molecule is CCCCCCCCC(OC)C1C=CCCC1. The van der Waals surface area contributed by atoms with E-state index in [1.54, 1.807) is 0 Å². The molecule has 0 saturated carbocycles.